The zero-order valence-corrected chi connectivity index (χ0v) is 15.5. The van der Waals surface area contributed by atoms with Crippen LogP contribution in [0.3, 0.4) is 0 Å². The van der Waals surface area contributed by atoms with Crippen molar-refractivity contribution in [3.05, 3.63) is 83.2 Å². The Morgan fingerprint density at radius 1 is 1.12 bits per heavy atom. The van der Waals surface area contributed by atoms with Crippen LogP contribution in [0.5, 0.6) is 0 Å². The molecule has 0 N–H and O–H groups in total. The number of hydrogen-bond acceptors (Lipinski definition) is 1. The van der Waals surface area contributed by atoms with E-state index in [0.717, 1.165) is 24.2 Å². The number of rotatable bonds is 6. The van der Waals surface area contributed by atoms with Crippen LogP contribution in [-0.2, 0) is 13.0 Å². The third-order valence-electron chi connectivity index (χ3n) is 4.65. The first-order chi connectivity index (χ1) is 12.5. The Kier molecular flexibility index (Phi) is 5.31. The summed E-state index contributed by atoms with van der Waals surface area (Å²) in [6.07, 6.45) is 6.03. The minimum atomic E-state index is -0.297. The molecule has 134 valence electrons. The molecular weight excluding hydrogens is 327 g/mol. The van der Waals surface area contributed by atoms with Gasteiger partial charge < -0.3 is 4.57 Å². The second-order valence-corrected chi connectivity index (χ2v) is 6.62. The van der Waals surface area contributed by atoms with E-state index >= 15 is 0 Å². The van der Waals surface area contributed by atoms with Gasteiger partial charge >= 0.3 is 0 Å². The van der Waals surface area contributed by atoms with Gasteiger partial charge in [0.05, 0.1) is 5.69 Å². The summed E-state index contributed by atoms with van der Waals surface area (Å²) in [7, 11) is 0. The van der Waals surface area contributed by atoms with Crippen molar-refractivity contribution < 1.29 is 13.8 Å². The number of halogens is 1. The van der Waals surface area contributed by atoms with E-state index in [2.05, 4.69) is 19.1 Å². The van der Waals surface area contributed by atoms with Crippen molar-refractivity contribution in [2.75, 3.05) is 0 Å². The Labute approximate surface area is 153 Å². The molecule has 0 radical (unpaired) electrons. The molecule has 2 aromatic heterocycles. The second-order valence-electron chi connectivity index (χ2n) is 6.62. The average Bonchev–Trinajstić information content (AvgIpc) is 2.92. The van der Waals surface area contributed by atoms with Gasteiger partial charge in [0.25, 0.3) is 0 Å². The molecule has 2 heterocycles. The van der Waals surface area contributed by atoms with Crippen molar-refractivity contribution in [2.24, 2.45) is 0 Å². The van der Waals surface area contributed by atoms with Crippen LogP contribution in [-0.4, -0.2) is 10.4 Å². The van der Waals surface area contributed by atoms with Crippen LogP contribution in [0.1, 0.15) is 40.7 Å². The van der Waals surface area contributed by atoms with Gasteiger partial charge in [0.15, 0.2) is 12.4 Å². The molecule has 0 aliphatic rings. The molecule has 4 heteroatoms. The monoisotopic (exact) mass is 351 g/mol. The summed E-state index contributed by atoms with van der Waals surface area (Å²) >= 11 is 0. The minimum Gasteiger partial charge on any atom is -0.315 e. The van der Waals surface area contributed by atoms with Crippen LogP contribution in [0.15, 0.2) is 54.9 Å². The van der Waals surface area contributed by atoms with E-state index in [1.165, 1.54) is 11.6 Å². The number of carbonyl (C=O) groups excluding carboxylic acids is 1. The molecule has 0 aliphatic heterocycles. The van der Waals surface area contributed by atoms with E-state index in [4.69, 9.17) is 0 Å². The maximum Gasteiger partial charge on any atom is 0.229 e. The summed E-state index contributed by atoms with van der Waals surface area (Å²) in [5.74, 6) is -0.275. The highest BCUT2D eigenvalue weighted by Crippen LogP contribution is 2.23. The molecule has 0 fully saturated rings. The second kappa shape index (κ2) is 7.65. The van der Waals surface area contributed by atoms with Gasteiger partial charge in [-0.3, -0.25) is 4.79 Å². The number of pyridine rings is 1. The van der Waals surface area contributed by atoms with Gasteiger partial charge in [0.1, 0.15) is 5.82 Å². The minimum absolute atomic E-state index is 0.0222. The van der Waals surface area contributed by atoms with Crippen LogP contribution < -0.4 is 4.57 Å². The molecule has 0 unspecified atom stereocenters. The van der Waals surface area contributed by atoms with Crippen LogP contribution in [0.25, 0.3) is 5.69 Å². The zero-order valence-electron chi connectivity index (χ0n) is 15.5. The molecule has 3 nitrogen and oxygen atoms in total. The predicted molar refractivity (Wildman–Crippen MR) is 100 cm³/mol. The molecule has 0 spiro atoms. The summed E-state index contributed by atoms with van der Waals surface area (Å²) in [6.45, 7) is 6.18. The van der Waals surface area contributed by atoms with Crippen LogP contribution in [0.2, 0.25) is 0 Å². The molecular formula is C22H24FN2O+. The van der Waals surface area contributed by atoms with Gasteiger partial charge in [-0.05, 0) is 44.0 Å². The number of benzene rings is 1. The van der Waals surface area contributed by atoms with Crippen LogP contribution in [0.4, 0.5) is 4.39 Å². The van der Waals surface area contributed by atoms with E-state index < -0.39 is 0 Å². The van der Waals surface area contributed by atoms with E-state index in [1.807, 2.05) is 36.9 Å². The number of Topliss-reactive ketones (excluding diaryl/α,β-unsaturated/α-hetero) is 1. The molecule has 1 aromatic carbocycles. The lowest BCUT2D eigenvalue weighted by Gasteiger charge is -2.10. The Morgan fingerprint density at radius 3 is 2.46 bits per heavy atom. The normalized spacial score (nSPS) is 10.9. The lowest BCUT2D eigenvalue weighted by molar-refractivity contribution is -0.683. The Bertz CT molecular complexity index is 926. The smallest absolute Gasteiger partial charge is 0.229 e. The molecule has 0 aliphatic carbocycles. The summed E-state index contributed by atoms with van der Waals surface area (Å²) in [4.78, 5) is 12.8. The van der Waals surface area contributed by atoms with Crippen molar-refractivity contribution in [1.82, 2.24) is 4.57 Å². The standard InChI is InChI=1S/C22H24FN2O/c1-4-7-18-10-12-24(13-11-18)15-22(26)19-14-16(2)25(17(19)3)21-9-6-5-8-20(21)23/h5-6,8-14H,4,7,15H2,1-3H3/q+1. The number of nitrogens with zero attached hydrogens (tertiary/aromatic N) is 2. The van der Waals surface area contributed by atoms with Gasteiger partial charge in [-0.2, -0.15) is 4.57 Å². The lowest BCUT2D eigenvalue weighted by atomic mass is 10.1. The molecule has 0 bridgehead atoms. The SMILES string of the molecule is CCCc1cc[n+](CC(=O)c2cc(C)n(-c3ccccc3F)c2C)cc1. The summed E-state index contributed by atoms with van der Waals surface area (Å²) in [5, 5.41) is 0. The maximum absolute atomic E-state index is 14.2. The van der Waals surface area contributed by atoms with Crippen molar-refractivity contribution in [2.45, 2.75) is 40.2 Å². The Balaban J connectivity index is 1.87. The summed E-state index contributed by atoms with van der Waals surface area (Å²) in [5.41, 5.74) is 3.99. The number of aryl methyl sites for hydroxylation is 2. The first-order valence-electron chi connectivity index (χ1n) is 8.96. The zero-order chi connectivity index (χ0) is 18.7. The van der Waals surface area contributed by atoms with Gasteiger partial charge in [-0.15, -0.1) is 0 Å². The summed E-state index contributed by atoms with van der Waals surface area (Å²) in [6, 6.07) is 12.6. The van der Waals surface area contributed by atoms with E-state index in [1.54, 1.807) is 22.8 Å². The quantitative estimate of drug-likeness (QED) is 0.479. The fourth-order valence-electron chi connectivity index (χ4n) is 3.35. The van der Waals surface area contributed by atoms with Gasteiger partial charge in [0, 0.05) is 29.1 Å². The van der Waals surface area contributed by atoms with Gasteiger partial charge in [0.2, 0.25) is 12.3 Å². The van der Waals surface area contributed by atoms with E-state index in [-0.39, 0.29) is 18.1 Å². The summed E-state index contributed by atoms with van der Waals surface area (Å²) < 4.78 is 17.9. The largest absolute Gasteiger partial charge is 0.315 e. The number of aromatic nitrogens is 2. The van der Waals surface area contributed by atoms with Crippen molar-refractivity contribution in [3.63, 3.8) is 0 Å². The highest BCUT2D eigenvalue weighted by atomic mass is 19.1. The first kappa shape index (κ1) is 18.1. The molecule has 0 saturated carbocycles. The molecule has 3 aromatic rings. The fourth-order valence-corrected chi connectivity index (χ4v) is 3.35. The van der Waals surface area contributed by atoms with Crippen LogP contribution in [0, 0.1) is 19.7 Å². The van der Waals surface area contributed by atoms with E-state index in [0.29, 0.717) is 11.3 Å². The Hall–Kier alpha value is -2.75. The molecule has 3 rings (SSSR count). The van der Waals surface area contributed by atoms with Crippen molar-refractivity contribution in [3.8, 4) is 5.69 Å². The number of carbonyl (C=O) groups is 1. The fraction of sp³-hybridized carbons (Fsp3) is 0.273. The van der Waals surface area contributed by atoms with Crippen molar-refractivity contribution in [1.29, 1.82) is 0 Å². The van der Waals surface area contributed by atoms with Crippen molar-refractivity contribution >= 4 is 5.78 Å². The van der Waals surface area contributed by atoms with Gasteiger partial charge in [-0.1, -0.05) is 25.5 Å². The topological polar surface area (TPSA) is 25.9 Å². The molecule has 0 atom stereocenters. The van der Waals surface area contributed by atoms with Crippen LogP contribution >= 0.6 is 0 Å². The van der Waals surface area contributed by atoms with Gasteiger partial charge in [-0.25, -0.2) is 4.39 Å². The number of para-hydroxylation sites is 1. The highest BCUT2D eigenvalue weighted by Gasteiger charge is 2.20. The third kappa shape index (κ3) is 3.59. The van der Waals surface area contributed by atoms with E-state index in [9.17, 15) is 9.18 Å². The molecule has 0 saturated heterocycles. The third-order valence-corrected chi connectivity index (χ3v) is 4.65. The lowest BCUT2D eigenvalue weighted by Crippen LogP contribution is -2.37. The Morgan fingerprint density at radius 2 is 1.81 bits per heavy atom. The highest BCUT2D eigenvalue weighted by molar-refractivity contribution is 5.96. The first-order valence-corrected chi connectivity index (χ1v) is 8.96. The predicted octanol–water partition coefficient (Wildman–Crippen LogP) is 4.36. The number of ketones is 1. The number of hydrogen-bond donors (Lipinski definition) is 0. The molecule has 0 amide bonds. The maximum atomic E-state index is 14.2. The average molecular weight is 351 g/mol. The molecule has 26 heavy (non-hydrogen) atoms.